The van der Waals surface area contributed by atoms with Crippen molar-refractivity contribution in [2.45, 2.75) is 63.3 Å². The number of carbonyl (C=O) groups excluding carboxylic acids is 3. The Bertz CT molecular complexity index is 1700. The molecular formula is C38H46N4O10. The van der Waals surface area contributed by atoms with Crippen LogP contribution in [0.4, 0.5) is 10.5 Å². The highest BCUT2D eigenvalue weighted by atomic mass is 16.7. The molecule has 3 aromatic carbocycles. The van der Waals surface area contributed by atoms with Gasteiger partial charge in [0.15, 0.2) is 17.8 Å². The zero-order valence-electron chi connectivity index (χ0n) is 29.9. The molecule has 52 heavy (non-hydrogen) atoms. The van der Waals surface area contributed by atoms with Crippen molar-refractivity contribution in [3.8, 4) is 22.6 Å². The molecule has 5 rings (SSSR count). The lowest BCUT2D eigenvalue weighted by molar-refractivity contribution is -0.385. The Labute approximate surface area is 302 Å². The Morgan fingerprint density at radius 2 is 1.73 bits per heavy atom. The second-order valence-corrected chi connectivity index (χ2v) is 12.7. The van der Waals surface area contributed by atoms with Crippen LogP contribution in [0.5, 0.6) is 11.5 Å². The van der Waals surface area contributed by atoms with Gasteiger partial charge in [0, 0.05) is 33.0 Å². The van der Waals surface area contributed by atoms with E-state index in [0.29, 0.717) is 19.4 Å². The third kappa shape index (κ3) is 8.98. The molecule has 1 fully saturated rings. The van der Waals surface area contributed by atoms with Crippen molar-refractivity contribution in [3.05, 3.63) is 87.5 Å². The number of fused-ring (bicyclic) bond motifs is 3. The van der Waals surface area contributed by atoms with Crippen LogP contribution in [0, 0.1) is 10.1 Å². The fourth-order valence-corrected chi connectivity index (χ4v) is 6.50. The van der Waals surface area contributed by atoms with E-state index in [-0.39, 0.29) is 60.8 Å². The monoisotopic (exact) mass is 718 g/mol. The molecule has 1 aliphatic carbocycles. The summed E-state index contributed by atoms with van der Waals surface area (Å²) in [6, 6.07) is 16.6. The van der Waals surface area contributed by atoms with Crippen LogP contribution in [0.2, 0.25) is 0 Å². The number of methoxy groups -OCH3 is 1. The molecule has 1 saturated heterocycles. The second-order valence-electron chi connectivity index (χ2n) is 12.7. The molecule has 1 heterocycles. The van der Waals surface area contributed by atoms with E-state index in [1.807, 2.05) is 48.5 Å². The maximum Gasteiger partial charge on any atom is 0.410 e. The minimum absolute atomic E-state index is 0.0563. The number of hydrogen-bond acceptors (Lipinski definition) is 10. The first kappa shape index (κ1) is 38.0. The van der Waals surface area contributed by atoms with Crippen molar-refractivity contribution in [1.82, 2.24) is 15.5 Å². The van der Waals surface area contributed by atoms with Crippen molar-refractivity contribution in [2.24, 2.45) is 0 Å². The summed E-state index contributed by atoms with van der Waals surface area (Å²) in [5, 5.41) is 17.6. The highest BCUT2D eigenvalue weighted by Crippen LogP contribution is 2.44. The number of ether oxygens (including phenoxy) is 5. The van der Waals surface area contributed by atoms with Crippen molar-refractivity contribution in [2.75, 3.05) is 47.6 Å². The molecule has 0 saturated carbocycles. The number of nitro groups is 1. The number of carbonyl (C=O) groups is 3. The van der Waals surface area contributed by atoms with Gasteiger partial charge >= 0.3 is 6.09 Å². The average Bonchev–Trinajstić information content (AvgIpc) is 3.48. The normalized spacial score (nSPS) is 16.1. The number of likely N-dealkylation sites (N-methyl/N-ethyl adjacent to an activating group) is 1. The Balaban J connectivity index is 1.31. The molecule has 3 amide bonds. The van der Waals surface area contributed by atoms with Crippen LogP contribution in [0.1, 0.15) is 67.7 Å². The van der Waals surface area contributed by atoms with Crippen molar-refractivity contribution in [3.63, 3.8) is 0 Å². The minimum Gasteiger partial charge on any atom is -0.493 e. The van der Waals surface area contributed by atoms with E-state index >= 15 is 0 Å². The summed E-state index contributed by atoms with van der Waals surface area (Å²) in [6.45, 7) is 2.11. The van der Waals surface area contributed by atoms with Crippen molar-refractivity contribution < 1.29 is 43.0 Å². The van der Waals surface area contributed by atoms with Gasteiger partial charge in [-0.3, -0.25) is 24.6 Å². The summed E-state index contributed by atoms with van der Waals surface area (Å²) < 4.78 is 28.7. The number of rotatable bonds is 16. The molecule has 3 atom stereocenters. The predicted octanol–water partition coefficient (Wildman–Crippen LogP) is 5.48. The van der Waals surface area contributed by atoms with Crippen LogP contribution in [0.3, 0.4) is 0 Å². The van der Waals surface area contributed by atoms with Gasteiger partial charge < -0.3 is 34.3 Å². The Hall–Kier alpha value is -5.21. The molecule has 0 aromatic heterocycles. The van der Waals surface area contributed by atoms with E-state index in [9.17, 15) is 24.5 Å². The van der Waals surface area contributed by atoms with E-state index in [4.69, 9.17) is 23.7 Å². The molecule has 0 bridgehead atoms. The lowest BCUT2D eigenvalue weighted by atomic mass is 9.98. The maximum atomic E-state index is 14.0. The van der Waals surface area contributed by atoms with E-state index < -0.39 is 35.3 Å². The SMILES string of the molecule is CNC(=O)CCCOc1cc([N+](=O)[O-])c(C(C)NC(=O)[C@H](COC2CCCCO2)N(C)C(=O)OCC2c3ccccc3-c3ccccc32)cc1OC. The van der Waals surface area contributed by atoms with E-state index in [1.165, 1.54) is 38.2 Å². The van der Waals surface area contributed by atoms with Crippen LogP contribution in [-0.4, -0.2) is 87.7 Å². The lowest BCUT2D eigenvalue weighted by Crippen LogP contribution is -2.51. The number of nitrogens with one attached hydrogen (secondary N) is 2. The van der Waals surface area contributed by atoms with Gasteiger partial charge in [0.25, 0.3) is 5.69 Å². The minimum atomic E-state index is -1.16. The van der Waals surface area contributed by atoms with E-state index in [0.717, 1.165) is 35.1 Å². The maximum absolute atomic E-state index is 14.0. The van der Waals surface area contributed by atoms with Gasteiger partial charge in [-0.25, -0.2) is 4.79 Å². The van der Waals surface area contributed by atoms with Crippen LogP contribution in [0.25, 0.3) is 11.1 Å². The summed E-state index contributed by atoms with van der Waals surface area (Å²) in [5.41, 5.74) is 4.14. The Morgan fingerprint density at radius 1 is 1.04 bits per heavy atom. The van der Waals surface area contributed by atoms with Crippen LogP contribution in [-0.2, 0) is 23.8 Å². The molecule has 14 nitrogen and oxygen atoms in total. The first-order valence-electron chi connectivity index (χ1n) is 17.4. The fraction of sp³-hybridized carbons (Fsp3) is 0.447. The predicted molar refractivity (Wildman–Crippen MR) is 191 cm³/mol. The Morgan fingerprint density at radius 3 is 2.35 bits per heavy atom. The van der Waals surface area contributed by atoms with Crippen LogP contribution < -0.4 is 20.1 Å². The smallest absolute Gasteiger partial charge is 0.410 e. The third-order valence-corrected chi connectivity index (χ3v) is 9.39. The quantitative estimate of drug-likeness (QED) is 0.110. The summed E-state index contributed by atoms with van der Waals surface area (Å²) in [6.07, 6.45) is 1.80. The summed E-state index contributed by atoms with van der Waals surface area (Å²) in [7, 11) is 4.39. The molecule has 2 aliphatic rings. The standard InChI is InChI=1S/C38H46N4O10/c1-24(29-20-33(48-4)34(21-31(29)42(46)47)49-19-11-16-35(43)39-2)40-37(44)32(23-51-36-17-9-10-18-50-36)41(3)38(45)52-22-30-27-14-7-5-12-25(27)26-13-6-8-15-28(26)30/h5-8,12-15,20-21,24,30,32,36H,9-11,16-19,22-23H2,1-4H3,(H,39,43)(H,40,44)/t24?,32-,36?/m0/s1. The summed E-state index contributed by atoms with van der Waals surface area (Å²) in [4.78, 5) is 51.9. The van der Waals surface area contributed by atoms with Gasteiger partial charge in [0.1, 0.15) is 12.6 Å². The zero-order valence-corrected chi connectivity index (χ0v) is 29.9. The van der Waals surface area contributed by atoms with Crippen molar-refractivity contribution >= 4 is 23.6 Å². The van der Waals surface area contributed by atoms with Gasteiger partial charge in [-0.1, -0.05) is 48.5 Å². The van der Waals surface area contributed by atoms with Gasteiger partial charge in [0.05, 0.1) is 42.9 Å². The number of nitrogens with zero attached hydrogens (tertiary/aromatic N) is 2. The number of amides is 3. The molecule has 3 aromatic rings. The molecular weight excluding hydrogens is 672 g/mol. The van der Waals surface area contributed by atoms with Crippen molar-refractivity contribution in [1.29, 1.82) is 0 Å². The van der Waals surface area contributed by atoms with Gasteiger partial charge in [0.2, 0.25) is 11.8 Å². The van der Waals surface area contributed by atoms with Gasteiger partial charge in [-0.2, -0.15) is 0 Å². The van der Waals surface area contributed by atoms with E-state index in [2.05, 4.69) is 10.6 Å². The molecule has 0 radical (unpaired) electrons. The second kappa shape index (κ2) is 17.8. The highest BCUT2D eigenvalue weighted by Gasteiger charge is 2.34. The van der Waals surface area contributed by atoms with Gasteiger partial charge in [-0.15, -0.1) is 0 Å². The number of benzene rings is 3. The average molecular weight is 719 g/mol. The zero-order chi connectivity index (χ0) is 37.2. The van der Waals surface area contributed by atoms with E-state index in [1.54, 1.807) is 6.92 Å². The largest absolute Gasteiger partial charge is 0.493 e. The summed E-state index contributed by atoms with van der Waals surface area (Å²) in [5.74, 6) is -0.598. The molecule has 2 unspecified atom stereocenters. The molecule has 14 heteroatoms. The lowest BCUT2D eigenvalue weighted by Gasteiger charge is -2.30. The molecule has 0 spiro atoms. The molecule has 2 N–H and O–H groups in total. The third-order valence-electron chi connectivity index (χ3n) is 9.39. The molecule has 1 aliphatic heterocycles. The summed E-state index contributed by atoms with van der Waals surface area (Å²) >= 11 is 0. The van der Waals surface area contributed by atoms with Gasteiger partial charge in [-0.05, 0) is 60.9 Å². The first-order valence-corrected chi connectivity index (χ1v) is 17.4. The topological polar surface area (TPSA) is 168 Å². The van der Waals surface area contributed by atoms with Crippen LogP contribution >= 0.6 is 0 Å². The molecule has 278 valence electrons. The first-order chi connectivity index (χ1) is 25.1. The number of nitro benzene ring substituents is 1. The Kier molecular flexibility index (Phi) is 13.0. The fourth-order valence-electron chi connectivity index (χ4n) is 6.50. The number of hydrogen-bond donors (Lipinski definition) is 2. The highest BCUT2D eigenvalue weighted by molar-refractivity contribution is 5.86. The van der Waals surface area contributed by atoms with Crippen LogP contribution in [0.15, 0.2) is 60.7 Å².